The van der Waals surface area contributed by atoms with Gasteiger partial charge in [0.2, 0.25) is 5.12 Å². The fraction of sp³-hybridized carbons (Fsp3) is 0.167. The fourth-order valence-corrected chi connectivity index (χ4v) is 2.78. The Balaban J connectivity index is 2.01. The molecule has 1 nitrogen and oxygen atoms in total. The van der Waals surface area contributed by atoms with Crippen molar-refractivity contribution in [2.24, 2.45) is 5.92 Å². The van der Waals surface area contributed by atoms with Crippen molar-refractivity contribution in [1.82, 2.24) is 0 Å². The first-order valence-electron chi connectivity index (χ1n) is 6.79. The van der Waals surface area contributed by atoms with Gasteiger partial charge in [-0.3, -0.25) is 4.79 Å². The molecule has 0 N–H and O–H groups in total. The van der Waals surface area contributed by atoms with Crippen LogP contribution in [-0.4, -0.2) is 5.12 Å². The van der Waals surface area contributed by atoms with Gasteiger partial charge < -0.3 is 0 Å². The molecule has 2 rings (SSSR count). The summed E-state index contributed by atoms with van der Waals surface area (Å²) in [5.74, 6) is -0.0413. The molecule has 0 bridgehead atoms. The lowest BCUT2D eigenvalue weighted by Gasteiger charge is -2.08. The lowest BCUT2D eigenvalue weighted by Crippen LogP contribution is -2.06. The Kier molecular flexibility index (Phi) is 5.63. The predicted octanol–water partition coefficient (Wildman–Crippen LogP) is 5.04. The molecule has 0 radical (unpaired) electrons. The number of carbonyl (C=O) groups is 1. The summed E-state index contributed by atoms with van der Waals surface area (Å²) in [4.78, 5) is 13.3. The topological polar surface area (TPSA) is 17.1 Å². The highest BCUT2D eigenvalue weighted by Gasteiger charge is 2.14. The molecule has 2 aromatic rings. The minimum absolute atomic E-state index is 0.0413. The summed E-state index contributed by atoms with van der Waals surface area (Å²) < 4.78 is 0. The predicted molar refractivity (Wildman–Crippen MR) is 86.6 cm³/mol. The summed E-state index contributed by atoms with van der Waals surface area (Å²) in [6.07, 6.45) is 4.85. The minimum atomic E-state index is -0.0413. The van der Waals surface area contributed by atoms with E-state index in [0.29, 0.717) is 0 Å². The molecule has 0 aromatic heterocycles. The van der Waals surface area contributed by atoms with Crippen LogP contribution in [0.1, 0.15) is 18.9 Å². The Hall–Kier alpha value is -1.80. The molecule has 0 heterocycles. The van der Waals surface area contributed by atoms with Crippen LogP contribution in [0.3, 0.4) is 0 Å². The van der Waals surface area contributed by atoms with E-state index in [1.807, 2.05) is 79.7 Å². The van der Waals surface area contributed by atoms with Gasteiger partial charge in [0.05, 0.1) is 0 Å². The molecular formula is C18H18OS. The normalized spacial score (nSPS) is 12.4. The van der Waals surface area contributed by atoms with Gasteiger partial charge in [0.15, 0.2) is 0 Å². The first kappa shape index (κ1) is 14.6. The van der Waals surface area contributed by atoms with Crippen molar-refractivity contribution in [2.75, 3.05) is 0 Å². The maximum Gasteiger partial charge on any atom is 0.200 e. The van der Waals surface area contributed by atoms with Gasteiger partial charge in [0, 0.05) is 10.8 Å². The molecule has 0 aliphatic heterocycles. The highest BCUT2D eigenvalue weighted by Crippen LogP contribution is 2.24. The highest BCUT2D eigenvalue weighted by atomic mass is 32.2. The van der Waals surface area contributed by atoms with Gasteiger partial charge in [0.25, 0.3) is 0 Å². The number of hydrogen-bond acceptors (Lipinski definition) is 2. The van der Waals surface area contributed by atoms with E-state index in [9.17, 15) is 4.79 Å². The molecule has 0 amide bonds. The molecule has 2 heteroatoms. The van der Waals surface area contributed by atoms with Gasteiger partial charge in [-0.15, -0.1) is 0 Å². The van der Waals surface area contributed by atoms with Gasteiger partial charge in [-0.25, -0.2) is 0 Å². The van der Waals surface area contributed by atoms with E-state index in [0.717, 1.165) is 16.9 Å². The smallest absolute Gasteiger partial charge is 0.200 e. The summed E-state index contributed by atoms with van der Waals surface area (Å²) in [5, 5.41) is 0.200. The molecule has 102 valence electrons. The van der Waals surface area contributed by atoms with Crippen molar-refractivity contribution < 1.29 is 4.79 Å². The van der Waals surface area contributed by atoms with E-state index in [1.54, 1.807) is 0 Å². The van der Waals surface area contributed by atoms with Crippen molar-refractivity contribution in [1.29, 1.82) is 0 Å². The molecule has 0 fully saturated rings. The third-order valence-electron chi connectivity index (χ3n) is 3.02. The van der Waals surface area contributed by atoms with E-state index >= 15 is 0 Å². The monoisotopic (exact) mass is 282 g/mol. The summed E-state index contributed by atoms with van der Waals surface area (Å²) in [6.45, 7) is 2.05. The van der Waals surface area contributed by atoms with Crippen molar-refractivity contribution >= 4 is 23.0 Å². The number of benzene rings is 2. The third kappa shape index (κ3) is 4.39. The van der Waals surface area contributed by atoms with E-state index in [1.165, 1.54) is 11.8 Å². The zero-order valence-corrected chi connectivity index (χ0v) is 12.3. The number of carbonyl (C=O) groups excluding carboxylic acids is 1. The van der Waals surface area contributed by atoms with Crippen LogP contribution in [0, 0.1) is 5.92 Å². The zero-order chi connectivity index (χ0) is 14.2. The van der Waals surface area contributed by atoms with Gasteiger partial charge in [-0.1, -0.05) is 79.4 Å². The molecule has 2 aromatic carbocycles. The Bertz CT molecular complexity index is 560. The van der Waals surface area contributed by atoms with Gasteiger partial charge in [0.1, 0.15) is 0 Å². The van der Waals surface area contributed by atoms with E-state index in [4.69, 9.17) is 0 Å². The first-order valence-corrected chi connectivity index (χ1v) is 7.61. The van der Waals surface area contributed by atoms with Crippen LogP contribution in [0.2, 0.25) is 0 Å². The molecule has 20 heavy (non-hydrogen) atoms. The molecule has 1 atom stereocenters. The zero-order valence-electron chi connectivity index (χ0n) is 11.5. The van der Waals surface area contributed by atoms with Gasteiger partial charge in [-0.05, 0) is 24.1 Å². The maximum atomic E-state index is 12.3. The Morgan fingerprint density at radius 1 is 1.05 bits per heavy atom. The summed E-state index contributed by atoms with van der Waals surface area (Å²) in [7, 11) is 0. The fourth-order valence-electron chi connectivity index (χ4n) is 1.85. The van der Waals surface area contributed by atoms with Crippen LogP contribution in [0.25, 0.3) is 6.08 Å². The van der Waals surface area contributed by atoms with Crippen LogP contribution < -0.4 is 0 Å². The quantitative estimate of drug-likeness (QED) is 0.714. The van der Waals surface area contributed by atoms with Crippen molar-refractivity contribution in [3.05, 3.63) is 72.3 Å². The third-order valence-corrected chi connectivity index (χ3v) is 4.04. The largest absolute Gasteiger partial charge is 0.286 e. The van der Waals surface area contributed by atoms with Crippen molar-refractivity contribution in [2.45, 2.75) is 18.2 Å². The molecule has 0 spiro atoms. The van der Waals surface area contributed by atoms with E-state index in [2.05, 4.69) is 0 Å². The summed E-state index contributed by atoms with van der Waals surface area (Å²) >= 11 is 1.32. The minimum Gasteiger partial charge on any atom is -0.286 e. The standard InChI is InChI=1S/C18H18OS/c1-2-16(14-13-15-9-5-3-6-10-15)18(19)20-17-11-7-4-8-12-17/h3-14,16H,2H2,1H3/b14-13+. The summed E-state index contributed by atoms with van der Waals surface area (Å²) in [5.41, 5.74) is 1.13. The van der Waals surface area contributed by atoms with Crippen LogP contribution in [-0.2, 0) is 4.79 Å². The van der Waals surface area contributed by atoms with Crippen LogP contribution in [0.4, 0.5) is 0 Å². The van der Waals surface area contributed by atoms with Gasteiger partial charge >= 0.3 is 0 Å². The summed E-state index contributed by atoms with van der Waals surface area (Å²) in [6, 6.07) is 19.9. The Morgan fingerprint density at radius 3 is 2.25 bits per heavy atom. The van der Waals surface area contributed by atoms with Crippen LogP contribution in [0.5, 0.6) is 0 Å². The SMILES string of the molecule is CCC(/C=C/c1ccccc1)C(=O)Sc1ccccc1. The molecule has 1 unspecified atom stereocenters. The Morgan fingerprint density at radius 2 is 1.65 bits per heavy atom. The second-order valence-corrected chi connectivity index (χ2v) is 5.60. The molecule has 0 aliphatic rings. The second kappa shape index (κ2) is 7.71. The number of thioether (sulfide) groups is 1. The lowest BCUT2D eigenvalue weighted by atomic mass is 10.1. The number of rotatable bonds is 5. The first-order chi connectivity index (χ1) is 9.79. The second-order valence-electron chi connectivity index (χ2n) is 4.52. The molecule has 0 saturated carbocycles. The molecular weight excluding hydrogens is 264 g/mol. The average Bonchev–Trinajstić information content (AvgIpc) is 2.50. The average molecular weight is 282 g/mol. The lowest BCUT2D eigenvalue weighted by molar-refractivity contribution is -0.113. The van der Waals surface area contributed by atoms with E-state index in [-0.39, 0.29) is 11.0 Å². The molecule has 0 aliphatic carbocycles. The molecule has 0 saturated heterocycles. The number of allylic oxidation sites excluding steroid dienone is 1. The van der Waals surface area contributed by atoms with Crippen LogP contribution in [0.15, 0.2) is 71.6 Å². The highest BCUT2D eigenvalue weighted by molar-refractivity contribution is 8.13. The van der Waals surface area contributed by atoms with Crippen molar-refractivity contribution in [3.63, 3.8) is 0 Å². The number of hydrogen-bond donors (Lipinski definition) is 0. The maximum absolute atomic E-state index is 12.3. The van der Waals surface area contributed by atoms with Gasteiger partial charge in [-0.2, -0.15) is 0 Å². The Labute approximate surface area is 124 Å². The van der Waals surface area contributed by atoms with Crippen LogP contribution >= 0.6 is 11.8 Å². The van der Waals surface area contributed by atoms with E-state index < -0.39 is 0 Å². The van der Waals surface area contributed by atoms with Crippen molar-refractivity contribution in [3.8, 4) is 0 Å².